The largest absolute Gasteiger partial charge is 0.714 e. The number of benzene rings is 3. The number of hydrogen-bond donors (Lipinski definition) is 0. The van der Waals surface area contributed by atoms with Gasteiger partial charge in [0.2, 0.25) is 0 Å². The zero-order valence-corrected chi connectivity index (χ0v) is 32.3. The van der Waals surface area contributed by atoms with Crippen LogP contribution in [0, 0.1) is 19.1 Å². The maximum atomic E-state index is 16.3. The van der Waals surface area contributed by atoms with Crippen molar-refractivity contribution in [2.45, 2.75) is 70.4 Å². The molecule has 0 amide bonds. The highest BCUT2D eigenvalue weighted by atomic mass is 32.1. The van der Waals surface area contributed by atoms with Crippen molar-refractivity contribution in [3.8, 4) is 11.3 Å². The molecule has 14 heteroatoms. The third kappa shape index (κ3) is 4.57. The van der Waals surface area contributed by atoms with Gasteiger partial charge in [0, 0.05) is 79.9 Å². The number of hydroxylamine groups is 3. The predicted octanol–water partition coefficient (Wildman–Crippen LogP) is 11.8. The van der Waals surface area contributed by atoms with Crippen LogP contribution in [-0.2, 0) is 5.21 Å². The Hall–Kier alpha value is -5.05. The van der Waals surface area contributed by atoms with Crippen LogP contribution in [0.4, 0.5) is 26.3 Å². The summed E-state index contributed by atoms with van der Waals surface area (Å²) in [6.07, 6.45) is 1.67. The maximum Gasteiger partial charge on any atom is 0.380 e. The molecule has 7 aromatic rings. The number of nitrogens with zero attached hydrogens (tertiary/aromatic N) is 4. The van der Waals surface area contributed by atoms with Crippen LogP contribution in [0.15, 0.2) is 79.0 Å². The van der Waals surface area contributed by atoms with E-state index >= 15 is 26.3 Å². The molecule has 285 valence electrons. The van der Waals surface area contributed by atoms with Gasteiger partial charge < -0.3 is 5.21 Å². The van der Waals surface area contributed by atoms with E-state index in [0.29, 0.717) is 36.8 Å². The van der Waals surface area contributed by atoms with Gasteiger partial charge in [0.1, 0.15) is 5.54 Å². The normalized spacial score (nSPS) is 19.8. The molecular formula is C42H31F6N4O2S2. The second-order valence-corrected chi connectivity index (χ2v) is 17.9. The van der Waals surface area contributed by atoms with Gasteiger partial charge in [-0.2, -0.15) is 26.3 Å². The van der Waals surface area contributed by atoms with Crippen molar-refractivity contribution in [3.63, 3.8) is 0 Å². The summed E-state index contributed by atoms with van der Waals surface area (Å²) in [6, 6.07) is 20.2. The van der Waals surface area contributed by atoms with Crippen molar-refractivity contribution < 1.29 is 36.3 Å². The number of amidine groups is 1. The monoisotopic (exact) mass is 801 g/mol. The first kappa shape index (κ1) is 36.6. The van der Waals surface area contributed by atoms with Crippen LogP contribution < -0.4 is 0 Å². The lowest BCUT2D eigenvalue weighted by molar-refractivity contribution is -0.539. The lowest BCUT2D eigenvalue weighted by atomic mass is 9.84. The van der Waals surface area contributed by atoms with E-state index in [1.807, 2.05) is 30.3 Å². The quantitative estimate of drug-likeness (QED) is 0.0769. The number of fused-ring (bicyclic) bond motifs is 5. The molecule has 0 N–H and O–H groups in total. The molecule has 0 bridgehead atoms. The van der Waals surface area contributed by atoms with Gasteiger partial charge >= 0.3 is 23.6 Å². The third-order valence-electron chi connectivity index (χ3n) is 11.8. The van der Waals surface area contributed by atoms with Gasteiger partial charge in [0.25, 0.3) is 0 Å². The number of allylic oxidation sites excluding steroid dienone is 2. The second-order valence-electron chi connectivity index (χ2n) is 15.4. The van der Waals surface area contributed by atoms with Gasteiger partial charge in [-0.25, -0.2) is 4.98 Å². The molecule has 0 atom stereocenters. The van der Waals surface area contributed by atoms with Crippen molar-refractivity contribution in [2.24, 2.45) is 0 Å². The molecule has 1 radical (unpaired) electrons. The Morgan fingerprint density at radius 3 is 1.77 bits per heavy atom. The summed E-state index contributed by atoms with van der Waals surface area (Å²) in [6.45, 7) is 9.35. The van der Waals surface area contributed by atoms with Crippen LogP contribution in [0.2, 0.25) is 0 Å². The van der Waals surface area contributed by atoms with E-state index < -0.39 is 45.6 Å². The van der Waals surface area contributed by atoms with E-state index in [1.54, 1.807) is 52.1 Å². The van der Waals surface area contributed by atoms with Crippen molar-refractivity contribution in [1.29, 1.82) is 0 Å². The molecule has 0 saturated carbocycles. The van der Waals surface area contributed by atoms with Crippen LogP contribution in [-0.4, -0.2) is 54.5 Å². The van der Waals surface area contributed by atoms with E-state index in [4.69, 9.17) is 4.98 Å². The van der Waals surface area contributed by atoms with Gasteiger partial charge in [-0.15, -0.1) is 22.7 Å². The maximum absolute atomic E-state index is 16.3. The van der Waals surface area contributed by atoms with Gasteiger partial charge in [0.15, 0.2) is 5.54 Å². The summed E-state index contributed by atoms with van der Waals surface area (Å²) >= 11 is 1.97. The molecule has 9 rings (SSSR count). The SMILES string of the molecule is Cc1sc2cc(C3=[N+]([O-])C(C)(C)C(C)(C)N3[O])ccc2c1C1=C(c2c(C)sc3cc(-c4ccc5ccc6cccnc6c5n4)ccc23)C(F)(F)C(F)(F)C1(F)F. The molecule has 4 aromatic heterocycles. The Labute approximate surface area is 324 Å². The number of thiophene rings is 2. The molecule has 6 nitrogen and oxygen atoms in total. The molecule has 0 spiro atoms. The van der Waals surface area contributed by atoms with E-state index in [9.17, 15) is 10.4 Å². The molecule has 2 aliphatic rings. The van der Waals surface area contributed by atoms with Gasteiger partial charge in [0.05, 0.1) is 22.3 Å². The summed E-state index contributed by atoms with van der Waals surface area (Å²) in [5.41, 5.74) is -3.26. The average molecular weight is 802 g/mol. The molecule has 0 fully saturated rings. The van der Waals surface area contributed by atoms with Crippen LogP contribution in [0.3, 0.4) is 0 Å². The summed E-state index contributed by atoms with van der Waals surface area (Å²) in [5.74, 6) is -16.5. The lowest BCUT2D eigenvalue weighted by Crippen LogP contribution is -2.53. The Kier molecular flexibility index (Phi) is 7.52. The smallest absolute Gasteiger partial charge is 0.380 e. The summed E-state index contributed by atoms with van der Waals surface area (Å²) in [7, 11) is 0. The minimum Gasteiger partial charge on any atom is -0.714 e. The number of halogens is 6. The van der Waals surface area contributed by atoms with Crippen LogP contribution in [0.25, 0.3) is 64.4 Å². The predicted molar refractivity (Wildman–Crippen MR) is 209 cm³/mol. The molecule has 0 saturated heterocycles. The second kappa shape index (κ2) is 11.5. The number of rotatable bonds is 4. The van der Waals surface area contributed by atoms with Gasteiger partial charge in [-0.05, 0) is 71.9 Å². The van der Waals surface area contributed by atoms with Crippen LogP contribution in [0.5, 0.6) is 0 Å². The standard InChI is InChI=1S/C42H31F6N4O2S2/c1-20-31(26-14-11-24(18-29(26)55-20)28-16-13-23-10-9-22-8-7-17-49-35(22)36(23)50-28)33-34(41(45,46)42(47,48)40(33,43)44)32-21(2)56-30-19-25(12-15-27(30)32)37-51(53)38(3,4)39(5,6)52(37)54/h7-19H,1-6H3. The zero-order chi connectivity index (χ0) is 40.1. The Balaban J connectivity index is 1.23. The van der Waals surface area contributed by atoms with Crippen molar-refractivity contribution in [1.82, 2.24) is 15.0 Å². The van der Waals surface area contributed by atoms with Crippen molar-refractivity contribution in [3.05, 3.63) is 111 Å². The fraction of sp³-hybridized carbons (Fsp3) is 0.262. The van der Waals surface area contributed by atoms with E-state index in [0.717, 1.165) is 33.4 Å². The number of alkyl halides is 6. The topological polar surface area (TPSA) is 75.0 Å². The molecule has 56 heavy (non-hydrogen) atoms. The molecule has 0 unspecified atom stereocenters. The third-order valence-corrected chi connectivity index (χ3v) is 13.9. The van der Waals surface area contributed by atoms with E-state index in [2.05, 4.69) is 4.98 Å². The average Bonchev–Trinajstić information content (AvgIpc) is 3.72. The number of aryl methyl sites for hydroxylation is 2. The van der Waals surface area contributed by atoms with E-state index in [-0.39, 0.29) is 42.2 Å². The van der Waals surface area contributed by atoms with Crippen molar-refractivity contribution in [2.75, 3.05) is 0 Å². The van der Waals surface area contributed by atoms with Crippen LogP contribution in [0.1, 0.15) is 54.1 Å². The summed E-state index contributed by atoms with van der Waals surface area (Å²) < 4.78 is 97.6. The molecule has 5 heterocycles. The minimum absolute atomic E-state index is 0.0211. The first-order chi connectivity index (χ1) is 26.2. The first-order valence-electron chi connectivity index (χ1n) is 17.6. The molecule has 1 aliphatic carbocycles. The molecule has 1 aliphatic heterocycles. The Bertz CT molecular complexity index is 2930. The fourth-order valence-corrected chi connectivity index (χ4v) is 10.2. The van der Waals surface area contributed by atoms with E-state index in [1.165, 1.54) is 38.1 Å². The number of pyridine rings is 2. The van der Waals surface area contributed by atoms with Gasteiger partial charge in [-0.1, -0.05) is 47.5 Å². The number of aromatic nitrogens is 2. The lowest BCUT2D eigenvalue weighted by Gasteiger charge is -2.32. The van der Waals surface area contributed by atoms with Crippen LogP contribution >= 0.6 is 22.7 Å². The van der Waals surface area contributed by atoms with Gasteiger partial charge in [-0.3, -0.25) is 9.72 Å². The minimum atomic E-state index is -5.76. The zero-order valence-electron chi connectivity index (χ0n) is 30.7. The fourth-order valence-electron chi connectivity index (χ4n) is 7.97. The highest BCUT2D eigenvalue weighted by Crippen LogP contribution is 2.67. The highest BCUT2D eigenvalue weighted by molar-refractivity contribution is 7.19. The number of hydrogen-bond acceptors (Lipinski definition) is 6. The Morgan fingerprint density at radius 1 is 0.696 bits per heavy atom. The molecular weight excluding hydrogens is 771 g/mol. The first-order valence-corrected chi connectivity index (χ1v) is 19.3. The molecule has 3 aromatic carbocycles. The summed E-state index contributed by atoms with van der Waals surface area (Å²) in [4.78, 5) is 9.61. The summed E-state index contributed by atoms with van der Waals surface area (Å²) in [5, 5.41) is 29.2. The Morgan fingerprint density at radius 2 is 1.21 bits per heavy atom. The highest BCUT2D eigenvalue weighted by Gasteiger charge is 2.80. The van der Waals surface area contributed by atoms with Crippen molar-refractivity contribution >= 4 is 81.6 Å².